The molecule has 0 aliphatic carbocycles. The largest absolute Gasteiger partial charge is 0.508 e. The van der Waals surface area contributed by atoms with E-state index in [9.17, 15) is 19.2 Å². The lowest BCUT2D eigenvalue weighted by Gasteiger charge is -2.22. The highest BCUT2D eigenvalue weighted by Crippen LogP contribution is 2.30. The predicted molar refractivity (Wildman–Crippen MR) is 131 cm³/mol. The molecule has 0 bridgehead atoms. The van der Waals surface area contributed by atoms with Crippen LogP contribution in [0.5, 0.6) is 11.5 Å². The van der Waals surface area contributed by atoms with Crippen molar-refractivity contribution < 1.29 is 42.9 Å². The van der Waals surface area contributed by atoms with Gasteiger partial charge in [0.15, 0.2) is 11.5 Å². The number of hydrogen-bond acceptors (Lipinski definition) is 10. The van der Waals surface area contributed by atoms with Crippen LogP contribution in [0.3, 0.4) is 0 Å². The third kappa shape index (κ3) is 11.5. The molecule has 1 aromatic rings. The van der Waals surface area contributed by atoms with Gasteiger partial charge in [-0.1, -0.05) is 33.8 Å². The van der Waals surface area contributed by atoms with Crippen molar-refractivity contribution in [1.82, 2.24) is 0 Å². The second-order valence-corrected chi connectivity index (χ2v) is 9.38. The normalized spacial score (nSPS) is 13.5. The first-order valence-corrected chi connectivity index (χ1v) is 12.2. The first kappa shape index (κ1) is 30.9. The minimum Gasteiger partial charge on any atom is -0.458 e. The summed E-state index contributed by atoms with van der Waals surface area (Å²) in [6, 6.07) is 3.59. The van der Waals surface area contributed by atoms with Crippen molar-refractivity contribution in [2.75, 3.05) is 6.61 Å². The van der Waals surface area contributed by atoms with Gasteiger partial charge in [-0.2, -0.15) is 0 Å². The number of carbonyl (C=O) groups is 4. The van der Waals surface area contributed by atoms with E-state index in [-0.39, 0.29) is 49.2 Å². The molecule has 0 fully saturated rings. The molecule has 3 atom stereocenters. The summed E-state index contributed by atoms with van der Waals surface area (Å²) in [5.74, 6) is -1.28. The van der Waals surface area contributed by atoms with Gasteiger partial charge in [-0.15, -0.1) is 0 Å². The molecule has 0 spiro atoms. The fourth-order valence-electron chi connectivity index (χ4n) is 2.94. The summed E-state index contributed by atoms with van der Waals surface area (Å²) in [5, 5.41) is 0. The van der Waals surface area contributed by atoms with Gasteiger partial charge in [0, 0.05) is 12.8 Å². The van der Waals surface area contributed by atoms with Crippen LogP contribution in [0.15, 0.2) is 18.2 Å². The Morgan fingerprint density at radius 3 is 1.86 bits per heavy atom. The zero-order chi connectivity index (χ0) is 27.4. The Hall–Kier alpha value is -3.14. The minimum atomic E-state index is -1.05. The van der Waals surface area contributed by atoms with Crippen LogP contribution in [0.1, 0.15) is 66.9 Å². The van der Waals surface area contributed by atoms with E-state index in [2.05, 4.69) is 0 Å². The van der Waals surface area contributed by atoms with Gasteiger partial charge in [-0.3, -0.25) is 14.4 Å². The first-order valence-electron chi connectivity index (χ1n) is 12.2. The van der Waals surface area contributed by atoms with Crippen molar-refractivity contribution in [2.45, 2.75) is 86.0 Å². The number of ether oxygens (including phenoxy) is 5. The standard InChI is InChI=1S/C26H39NO9/c1-8-32-26(31)34-18(7)17(6)33-25(30)20(27)13-19-9-10-21(35-23(28)11-15(2)3)22(14-19)36-24(29)12-16(4)5/h9-10,14-18,20H,8,11-13,27H2,1-7H3/t17-,18?,20-/m0/s1. The average molecular weight is 510 g/mol. The molecule has 36 heavy (non-hydrogen) atoms. The van der Waals surface area contributed by atoms with Crippen LogP contribution in [0.4, 0.5) is 4.79 Å². The van der Waals surface area contributed by atoms with Crippen molar-refractivity contribution >= 4 is 24.1 Å². The highest BCUT2D eigenvalue weighted by Gasteiger charge is 2.25. The molecule has 0 aromatic heterocycles. The molecule has 1 rings (SSSR count). The van der Waals surface area contributed by atoms with Crippen molar-refractivity contribution in [3.63, 3.8) is 0 Å². The highest BCUT2D eigenvalue weighted by atomic mass is 16.7. The van der Waals surface area contributed by atoms with Gasteiger partial charge in [0.05, 0.1) is 6.61 Å². The van der Waals surface area contributed by atoms with E-state index in [1.54, 1.807) is 26.8 Å². The van der Waals surface area contributed by atoms with Crippen LogP contribution < -0.4 is 15.2 Å². The summed E-state index contributed by atoms with van der Waals surface area (Å²) in [4.78, 5) is 48.4. The van der Waals surface area contributed by atoms with Crippen molar-refractivity contribution in [2.24, 2.45) is 17.6 Å². The summed E-state index contributed by atoms with van der Waals surface area (Å²) in [6.07, 6.45) is -1.91. The Morgan fingerprint density at radius 2 is 1.33 bits per heavy atom. The number of nitrogens with two attached hydrogens (primary N) is 1. The lowest BCUT2D eigenvalue weighted by molar-refractivity contribution is -0.155. The zero-order valence-corrected chi connectivity index (χ0v) is 22.2. The topological polar surface area (TPSA) is 140 Å². The van der Waals surface area contributed by atoms with E-state index in [4.69, 9.17) is 29.4 Å². The Morgan fingerprint density at radius 1 is 0.806 bits per heavy atom. The lowest BCUT2D eigenvalue weighted by Crippen LogP contribution is -2.39. The summed E-state index contributed by atoms with van der Waals surface area (Å²) in [5.41, 5.74) is 6.61. The van der Waals surface area contributed by atoms with E-state index in [0.717, 1.165) is 0 Å². The first-order chi connectivity index (χ1) is 16.8. The van der Waals surface area contributed by atoms with Crippen molar-refractivity contribution in [3.05, 3.63) is 23.8 Å². The van der Waals surface area contributed by atoms with Gasteiger partial charge in [0.1, 0.15) is 18.2 Å². The third-order valence-corrected chi connectivity index (χ3v) is 4.87. The van der Waals surface area contributed by atoms with Gasteiger partial charge in [0.25, 0.3) is 0 Å². The fourth-order valence-corrected chi connectivity index (χ4v) is 2.94. The Bertz CT molecular complexity index is 897. The molecule has 1 aromatic carbocycles. The van der Waals surface area contributed by atoms with Crippen LogP contribution >= 0.6 is 0 Å². The summed E-state index contributed by atoms with van der Waals surface area (Å²) < 4.78 is 25.9. The second kappa shape index (κ2) is 15.1. The number of benzene rings is 1. The SMILES string of the molecule is CCOC(=O)OC(C)[C@H](C)OC(=O)[C@@H](N)Cc1ccc(OC(=O)CC(C)C)c(OC(=O)CC(C)C)c1. The smallest absolute Gasteiger partial charge is 0.458 e. The maximum atomic E-state index is 12.5. The van der Waals surface area contributed by atoms with Gasteiger partial charge >= 0.3 is 24.1 Å². The molecule has 1 unspecified atom stereocenters. The average Bonchev–Trinajstić information content (AvgIpc) is 2.74. The van der Waals surface area contributed by atoms with Crippen LogP contribution in [-0.2, 0) is 35.0 Å². The molecule has 2 N–H and O–H groups in total. The van der Waals surface area contributed by atoms with E-state index in [1.165, 1.54) is 12.1 Å². The lowest BCUT2D eigenvalue weighted by atomic mass is 10.1. The summed E-state index contributed by atoms with van der Waals surface area (Å²) in [6.45, 7) is 12.5. The minimum absolute atomic E-state index is 0.0631. The summed E-state index contributed by atoms with van der Waals surface area (Å²) in [7, 11) is 0. The molecule has 10 heteroatoms. The Kier molecular flexibility index (Phi) is 12.9. The molecule has 0 radical (unpaired) electrons. The maximum absolute atomic E-state index is 12.5. The number of rotatable bonds is 13. The maximum Gasteiger partial charge on any atom is 0.508 e. The van der Waals surface area contributed by atoms with Gasteiger partial charge in [-0.05, 0) is 56.7 Å². The van der Waals surface area contributed by atoms with Crippen molar-refractivity contribution in [1.29, 1.82) is 0 Å². The molecule has 0 saturated carbocycles. The van der Waals surface area contributed by atoms with Gasteiger partial charge in [0.2, 0.25) is 0 Å². The molecule has 0 amide bonds. The van der Waals surface area contributed by atoms with E-state index in [1.807, 2.05) is 27.7 Å². The molecular weight excluding hydrogens is 470 g/mol. The van der Waals surface area contributed by atoms with Crippen LogP contribution in [0, 0.1) is 11.8 Å². The quantitative estimate of drug-likeness (QED) is 0.307. The van der Waals surface area contributed by atoms with Gasteiger partial charge in [-0.25, -0.2) is 4.79 Å². The summed E-state index contributed by atoms with van der Waals surface area (Å²) >= 11 is 0. The Labute approximate surface area is 212 Å². The number of hydrogen-bond donors (Lipinski definition) is 1. The predicted octanol–water partition coefficient (Wildman–Crippen LogP) is 3.95. The van der Waals surface area contributed by atoms with Crippen LogP contribution in [0.2, 0.25) is 0 Å². The third-order valence-electron chi connectivity index (χ3n) is 4.87. The van der Waals surface area contributed by atoms with E-state index < -0.39 is 42.3 Å². The van der Waals surface area contributed by atoms with E-state index in [0.29, 0.717) is 5.56 Å². The van der Waals surface area contributed by atoms with E-state index >= 15 is 0 Å². The Balaban J connectivity index is 2.92. The molecular formula is C26H39NO9. The molecule has 202 valence electrons. The molecule has 10 nitrogen and oxygen atoms in total. The van der Waals surface area contributed by atoms with Crippen LogP contribution in [0.25, 0.3) is 0 Å². The van der Waals surface area contributed by atoms with Crippen molar-refractivity contribution in [3.8, 4) is 11.5 Å². The molecule has 0 aliphatic rings. The van der Waals surface area contributed by atoms with Gasteiger partial charge < -0.3 is 29.4 Å². The zero-order valence-electron chi connectivity index (χ0n) is 22.2. The highest BCUT2D eigenvalue weighted by molar-refractivity contribution is 5.77. The molecule has 0 saturated heterocycles. The molecule has 0 aliphatic heterocycles. The fraction of sp³-hybridized carbons (Fsp3) is 0.615. The number of carbonyl (C=O) groups excluding carboxylic acids is 4. The number of esters is 3. The van der Waals surface area contributed by atoms with Crippen LogP contribution in [-0.4, -0.2) is 48.9 Å². The molecule has 0 heterocycles. The monoisotopic (exact) mass is 509 g/mol. The second-order valence-electron chi connectivity index (χ2n) is 9.38.